The highest BCUT2D eigenvalue weighted by Gasteiger charge is 2.04. The summed E-state index contributed by atoms with van der Waals surface area (Å²) in [5.41, 5.74) is 7.30. The fourth-order valence-electron chi connectivity index (χ4n) is 1.25. The molecule has 0 spiro atoms. The summed E-state index contributed by atoms with van der Waals surface area (Å²) >= 11 is 5.70. The molecule has 0 saturated heterocycles. The second-order valence-corrected chi connectivity index (χ2v) is 2.96. The van der Waals surface area contributed by atoms with Crippen molar-refractivity contribution >= 4 is 22.6 Å². The number of nitrogens with two attached hydrogens (primary N) is 1. The smallest absolute Gasteiger partial charge is 0.194 e. The van der Waals surface area contributed by atoms with Crippen molar-refractivity contribution in [1.29, 1.82) is 0 Å². The molecular formula is C9H8ClNO. The predicted molar refractivity (Wildman–Crippen MR) is 49.1 cm³/mol. The molecule has 2 aromatic rings. The van der Waals surface area contributed by atoms with E-state index in [4.69, 9.17) is 21.8 Å². The quantitative estimate of drug-likeness (QED) is 0.735. The molecule has 12 heavy (non-hydrogen) atoms. The van der Waals surface area contributed by atoms with Gasteiger partial charge in [-0.15, -0.1) is 0 Å². The number of furan rings is 1. The highest BCUT2D eigenvalue weighted by atomic mass is 35.5. The molecule has 1 aromatic carbocycles. The number of hydrogen-bond donors (Lipinski definition) is 1. The first-order valence-electron chi connectivity index (χ1n) is 3.68. The normalized spacial score (nSPS) is 10.8. The lowest BCUT2D eigenvalue weighted by Crippen LogP contribution is -1.95. The summed E-state index contributed by atoms with van der Waals surface area (Å²) in [4.78, 5) is 0. The summed E-state index contributed by atoms with van der Waals surface area (Å²) < 4.78 is 5.28. The third-order valence-electron chi connectivity index (χ3n) is 1.82. The summed E-state index contributed by atoms with van der Waals surface area (Å²) in [7, 11) is 0. The van der Waals surface area contributed by atoms with Gasteiger partial charge in [-0.3, -0.25) is 0 Å². The van der Waals surface area contributed by atoms with Crippen LogP contribution in [0.25, 0.3) is 11.0 Å². The van der Waals surface area contributed by atoms with E-state index in [1.165, 1.54) is 0 Å². The number of fused-ring (bicyclic) bond motifs is 1. The molecule has 2 nitrogen and oxygen atoms in total. The van der Waals surface area contributed by atoms with Crippen molar-refractivity contribution < 1.29 is 4.42 Å². The molecule has 0 saturated carbocycles. The molecule has 1 heterocycles. The molecule has 3 heteroatoms. The molecule has 0 aliphatic carbocycles. The van der Waals surface area contributed by atoms with Gasteiger partial charge in [-0.1, -0.05) is 18.2 Å². The van der Waals surface area contributed by atoms with Gasteiger partial charge in [-0.2, -0.15) is 0 Å². The van der Waals surface area contributed by atoms with Gasteiger partial charge in [0.05, 0.1) is 0 Å². The van der Waals surface area contributed by atoms with Crippen molar-refractivity contribution in [3.05, 3.63) is 35.0 Å². The van der Waals surface area contributed by atoms with Crippen LogP contribution < -0.4 is 5.73 Å². The summed E-state index contributed by atoms with van der Waals surface area (Å²) in [6.07, 6.45) is 0. The van der Waals surface area contributed by atoms with Gasteiger partial charge in [0.2, 0.25) is 0 Å². The van der Waals surface area contributed by atoms with Crippen LogP contribution in [0.5, 0.6) is 0 Å². The van der Waals surface area contributed by atoms with Crippen LogP contribution in [0, 0.1) is 0 Å². The molecule has 2 rings (SSSR count). The average Bonchev–Trinajstić information content (AvgIpc) is 2.44. The highest BCUT2D eigenvalue weighted by Crippen LogP contribution is 2.25. The van der Waals surface area contributed by atoms with Crippen LogP contribution >= 0.6 is 11.6 Å². The lowest BCUT2D eigenvalue weighted by atomic mass is 10.1. The Labute approximate surface area is 74.9 Å². The molecule has 0 aliphatic rings. The minimum atomic E-state index is 0.408. The molecule has 0 amide bonds. The summed E-state index contributed by atoms with van der Waals surface area (Å²) in [5.74, 6) is 0. The lowest BCUT2D eigenvalue weighted by molar-refractivity contribution is 0.613. The maximum Gasteiger partial charge on any atom is 0.194 e. The van der Waals surface area contributed by atoms with E-state index in [2.05, 4.69) is 0 Å². The van der Waals surface area contributed by atoms with Crippen LogP contribution in [-0.4, -0.2) is 0 Å². The molecule has 0 unspecified atom stereocenters. The third-order valence-corrected chi connectivity index (χ3v) is 2.00. The maximum absolute atomic E-state index is 5.70. The second kappa shape index (κ2) is 2.81. The minimum absolute atomic E-state index is 0.408. The predicted octanol–water partition coefficient (Wildman–Crippen LogP) is 2.54. The first-order chi connectivity index (χ1) is 5.81. The van der Waals surface area contributed by atoms with Crippen molar-refractivity contribution in [2.24, 2.45) is 5.73 Å². The molecule has 62 valence electrons. The summed E-state index contributed by atoms with van der Waals surface area (Å²) in [6, 6.07) is 7.61. The molecular weight excluding hydrogens is 174 g/mol. The SMILES string of the molecule is NCc1cccc2cc(Cl)oc12. The molecule has 0 fully saturated rings. The van der Waals surface area contributed by atoms with Gasteiger partial charge >= 0.3 is 0 Å². The van der Waals surface area contributed by atoms with E-state index in [1.54, 1.807) is 6.07 Å². The highest BCUT2D eigenvalue weighted by molar-refractivity contribution is 6.29. The zero-order valence-corrected chi connectivity index (χ0v) is 7.14. The Morgan fingerprint density at radius 1 is 1.42 bits per heavy atom. The zero-order chi connectivity index (χ0) is 8.55. The number of halogens is 1. The number of hydrogen-bond acceptors (Lipinski definition) is 2. The fourth-order valence-corrected chi connectivity index (χ4v) is 1.45. The van der Waals surface area contributed by atoms with Crippen LogP contribution in [0.15, 0.2) is 28.7 Å². The van der Waals surface area contributed by atoms with Gasteiger partial charge < -0.3 is 10.2 Å². The van der Waals surface area contributed by atoms with Gasteiger partial charge in [-0.25, -0.2) is 0 Å². The molecule has 0 bridgehead atoms. The fraction of sp³-hybridized carbons (Fsp3) is 0.111. The second-order valence-electron chi connectivity index (χ2n) is 2.59. The minimum Gasteiger partial charge on any atom is -0.444 e. The van der Waals surface area contributed by atoms with Crippen LogP contribution in [0.3, 0.4) is 0 Å². The van der Waals surface area contributed by atoms with Crippen molar-refractivity contribution in [3.8, 4) is 0 Å². The van der Waals surface area contributed by atoms with E-state index >= 15 is 0 Å². The van der Waals surface area contributed by atoms with Crippen LogP contribution in [-0.2, 0) is 6.54 Å². The molecule has 2 N–H and O–H groups in total. The van der Waals surface area contributed by atoms with Crippen molar-refractivity contribution in [1.82, 2.24) is 0 Å². The van der Waals surface area contributed by atoms with E-state index in [9.17, 15) is 0 Å². The molecule has 0 aliphatic heterocycles. The van der Waals surface area contributed by atoms with Crippen LogP contribution in [0.4, 0.5) is 0 Å². The first kappa shape index (κ1) is 7.65. The van der Waals surface area contributed by atoms with Crippen LogP contribution in [0.1, 0.15) is 5.56 Å². The van der Waals surface area contributed by atoms with Crippen molar-refractivity contribution in [3.63, 3.8) is 0 Å². The van der Waals surface area contributed by atoms with Gasteiger partial charge in [0.25, 0.3) is 0 Å². The van der Waals surface area contributed by atoms with E-state index in [-0.39, 0.29) is 0 Å². The Kier molecular flexibility index (Phi) is 1.79. The average molecular weight is 182 g/mol. The van der Waals surface area contributed by atoms with Gasteiger partial charge in [0.1, 0.15) is 5.58 Å². The van der Waals surface area contributed by atoms with E-state index in [0.717, 1.165) is 16.5 Å². The van der Waals surface area contributed by atoms with Crippen molar-refractivity contribution in [2.45, 2.75) is 6.54 Å². The monoisotopic (exact) mass is 181 g/mol. The zero-order valence-electron chi connectivity index (χ0n) is 6.38. The molecule has 0 radical (unpaired) electrons. The first-order valence-corrected chi connectivity index (χ1v) is 4.06. The van der Waals surface area contributed by atoms with Crippen LogP contribution in [0.2, 0.25) is 5.22 Å². The van der Waals surface area contributed by atoms with E-state index < -0.39 is 0 Å². The van der Waals surface area contributed by atoms with E-state index in [1.807, 2.05) is 18.2 Å². The molecule has 0 atom stereocenters. The van der Waals surface area contributed by atoms with E-state index in [0.29, 0.717) is 11.8 Å². The standard InChI is InChI=1S/C9H8ClNO/c10-8-4-6-2-1-3-7(5-11)9(6)12-8/h1-4H,5,11H2. The maximum atomic E-state index is 5.70. The Morgan fingerprint density at radius 3 is 3.00 bits per heavy atom. The lowest BCUT2D eigenvalue weighted by Gasteiger charge is -1.95. The number of benzene rings is 1. The Hall–Kier alpha value is -0.990. The summed E-state index contributed by atoms with van der Waals surface area (Å²) in [5, 5.41) is 1.41. The largest absolute Gasteiger partial charge is 0.444 e. The molecule has 1 aromatic heterocycles. The van der Waals surface area contributed by atoms with Gasteiger partial charge in [-0.05, 0) is 11.6 Å². The number of rotatable bonds is 1. The number of para-hydroxylation sites is 1. The Bertz CT molecular complexity index is 408. The van der Waals surface area contributed by atoms with Crippen molar-refractivity contribution in [2.75, 3.05) is 0 Å². The Balaban J connectivity index is 2.78. The topological polar surface area (TPSA) is 39.2 Å². The summed E-state index contributed by atoms with van der Waals surface area (Å²) in [6.45, 7) is 0.473. The Morgan fingerprint density at radius 2 is 2.25 bits per heavy atom. The van der Waals surface area contributed by atoms with Gasteiger partial charge in [0, 0.05) is 23.6 Å². The third kappa shape index (κ3) is 1.09. The van der Waals surface area contributed by atoms with Gasteiger partial charge in [0.15, 0.2) is 5.22 Å².